The molecular formula is C17H22FN3. The number of nitrogens with zero attached hydrogens (tertiary/aromatic N) is 2. The number of para-hydroxylation sites is 1. The van der Waals surface area contributed by atoms with E-state index in [4.69, 9.17) is 0 Å². The molecule has 2 aromatic rings. The van der Waals surface area contributed by atoms with Crippen LogP contribution in [0.2, 0.25) is 0 Å². The average Bonchev–Trinajstić information content (AvgIpc) is 3.14. The van der Waals surface area contributed by atoms with Gasteiger partial charge in [0, 0.05) is 36.5 Å². The zero-order valence-corrected chi connectivity index (χ0v) is 12.6. The smallest absolute Gasteiger partial charge is 0.133 e. The third-order valence-corrected chi connectivity index (χ3v) is 4.31. The van der Waals surface area contributed by atoms with Gasteiger partial charge < -0.3 is 5.32 Å². The number of hydrogen-bond acceptors (Lipinski definition) is 2. The summed E-state index contributed by atoms with van der Waals surface area (Å²) in [6.45, 7) is 5.16. The third-order valence-electron chi connectivity index (χ3n) is 4.31. The number of halogens is 1. The highest BCUT2D eigenvalue weighted by atomic mass is 19.1. The van der Waals surface area contributed by atoms with Gasteiger partial charge in [-0.3, -0.25) is 4.68 Å². The highest BCUT2D eigenvalue weighted by Crippen LogP contribution is 2.34. The van der Waals surface area contributed by atoms with Crippen molar-refractivity contribution in [2.24, 2.45) is 0 Å². The highest BCUT2D eigenvalue weighted by Gasteiger charge is 2.21. The lowest BCUT2D eigenvalue weighted by molar-refractivity contribution is 0.338. The lowest BCUT2D eigenvalue weighted by atomic mass is 10.0. The first kappa shape index (κ1) is 14.1. The number of rotatable bonds is 5. The summed E-state index contributed by atoms with van der Waals surface area (Å²) in [4.78, 5) is 0. The van der Waals surface area contributed by atoms with E-state index in [0.29, 0.717) is 12.5 Å². The van der Waals surface area contributed by atoms with Crippen LogP contribution < -0.4 is 5.32 Å². The number of hydrogen-bond donors (Lipinski definition) is 1. The topological polar surface area (TPSA) is 29.9 Å². The van der Waals surface area contributed by atoms with Gasteiger partial charge in [-0.2, -0.15) is 5.10 Å². The summed E-state index contributed by atoms with van der Waals surface area (Å²) in [5.74, 6) is 0. The molecule has 2 atom stereocenters. The predicted octanol–water partition coefficient (Wildman–Crippen LogP) is 4.08. The van der Waals surface area contributed by atoms with E-state index in [9.17, 15) is 4.39 Å². The van der Waals surface area contributed by atoms with Crippen LogP contribution in [0.5, 0.6) is 0 Å². The monoisotopic (exact) mass is 287 g/mol. The van der Waals surface area contributed by atoms with Crippen LogP contribution in [-0.2, 0) is 12.8 Å². The predicted molar refractivity (Wildman–Crippen MR) is 83.4 cm³/mol. The summed E-state index contributed by atoms with van der Waals surface area (Å²) in [5, 5.41) is 7.80. The summed E-state index contributed by atoms with van der Waals surface area (Å²) < 4.78 is 16.6. The van der Waals surface area contributed by atoms with Gasteiger partial charge in [-0.15, -0.1) is 0 Å². The highest BCUT2D eigenvalue weighted by molar-refractivity contribution is 5.62. The SMILES string of the molecule is CCC(C)n1ccc(CC(F)c2cccc3c2NCC3)n1. The molecule has 112 valence electrons. The minimum Gasteiger partial charge on any atom is -0.384 e. The van der Waals surface area contributed by atoms with E-state index < -0.39 is 6.17 Å². The quantitative estimate of drug-likeness (QED) is 0.898. The number of alkyl halides is 1. The standard InChI is InChI=1S/C17H22FN3/c1-3-12(2)21-10-8-14(20-21)11-16(18)15-6-4-5-13-7-9-19-17(13)15/h4-6,8,10,12,16,19H,3,7,9,11H2,1-2H3. The summed E-state index contributed by atoms with van der Waals surface area (Å²) in [6, 6.07) is 8.19. The zero-order chi connectivity index (χ0) is 14.8. The molecule has 0 saturated heterocycles. The van der Waals surface area contributed by atoms with E-state index in [1.807, 2.05) is 29.1 Å². The second kappa shape index (κ2) is 5.88. The summed E-state index contributed by atoms with van der Waals surface area (Å²) in [7, 11) is 0. The Morgan fingerprint density at radius 3 is 3.05 bits per heavy atom. The summed E-state index contributed by atoms with van der Waals surface area (Å²) in [5.41, 5.74) is 3.80. The van der Waals surface area contributed by atoms with Crippen molar-refractivity contribution in [1.82, 2.24) is 9.78 Å². The van der Waals surface area contributed by atoms with Crippen molar-refractivity contribution in [3.8, 4) is 0 Å². The molecule has 1 aliphatic rings. The number of nitrogens with one attached hydrogen (secondary N) is 1. The Morgan fingerprint density at radius 1 is 1.38 bits per heavy atom. The summed E-state index contributed by atoms with van der Waals surface area (Å²) in [6.07, 6.45) is 3.28. The van der Waals surface area contributed by atoms with E-state index in [1.165, 1.54) is 5.56 Å². The Bertz CT molecular complexity index is 620. The van der Waals surface area contributed by atoms with Gasteiger partial charge in [0.05, 0.1) is 5.69 Å². The van der Waals surface area contributed by atoms with Crippen LogP contribution >= 0.6 is 0 Å². The van der Waals surface area contributed by atoms with Crippen LogP contribution in [0.1, 0.15) is 49.3 Å². The van der Waals surface area contributed by atoms with Gasteiger partial charge in [0.25, 0.3) is 0 Å². The third kappa shape index (κ3) is 2.80. The molecule has 2 heterocycles. The molecule has 0 amide bonds. The molecule has 0 aliphatic carbocycles. The zero-order valence-electron chi connectivity index (χ0n) is 12.6. The lowest BCUT2D eigenvalue weighted by Crippen LogP contribution is -2.06. The molecule has 3 nitrogen and oxygen atoms in total. The average molecular weight is 287 g/mol. The number of aromatic nitrogens is 2. The molecule has 1 aromatic carbocycles. The van der Waals surface area contributed by atoms with Gasteiger partial charge in [-0.25, -0.2) is 4.39 Å². The maximum Gasteiger partial charge on any atom is 0.133 e. The molecule has 2 unspecified atom stereocenters. The van der Waals surface area contributed by atoms with Crippen molar-refractivity contribution in [3.63, 3.8) is 0 Å². The van der Waals surface area contributed by atoms with Gasteiger partial charge >= 0.3 is 0 Å². The van der Waals surface area contributed by atoms with Crippen LogP contribution in [0, 0.1) is 0 Å². The van der Waals surface area contributed by atoms with E-state index in [0.717, 1.165) is 36.3 Å². The lowest BCUT2D eigenvalue weighted by Gasteiger charge is -2.13. The van der Waals surface area contributed by atoms with Crippen molar-refractivity contribution in [1.29, 1.82) is 0 Å². The van der Waals surface area contributed by atoms with Crippen molar-refractivity contribution in [2.45, 2.75) is 45.3 Å². The Morgan fingerprint density at radius 2 is 2.24 bits per heavy atom. The van der Waals surface area contributed by atoms with Gasteiger partial charge in [0.15, 0.2) is 0 Å². The van der Waals surface area contributed by atoms with E-state index in [1.54, 1.807) is 0 Å². The molecule has 1 aromatic heterocycles. The first-order valence-electron chi connectivity index (χ1n) is 7.72. The van der Waals surface area contributed by atoms with Crippen molar-refractivity contribution < 1.29 is 4.39 Å². The fraction of sp³-hybridized carbons (Fsp3) is 0.471. The molecule has 0 bridgehead atoms. The first-order valence-corrected chi connectivity index (χ1v) is 7.72. The van der Waals surface area contributed by atoms with Crippen LogP contribution in [0.4, 0.5) is 10.1 Å². The van der Waals surface area contributed by atoms with E-state index >= 15 is 0 Å². The van der Waals surface area contributed by atoms with Crippen LogP contribution in [0.25, 0.3) is 0 Å². The molecule has 1 aliphatic heterocycles. The normalized spacial score (nSPS) is 16.3. The van der Waals surface area contributed by atoms with Crippen LogP contribution in [0.15, 0.2) is 30.5 Å². The fourth-order valence-corrected chi connectivity index (χ4v) is 2.84. The fourth-order valence-electron chi connectivity index (χ4n) is 2.84. The van der Waals surface area contributed by atoms with Gasteiger partial charge in [-0.05, 0) is 31.4 Å². The summed E-state index contributed by atoms with van der Waals surface area (Å²) >= 11 is 0. The van der Waals surface area contributed by atoms with Crippen molar-refractivity contribution in [2.75, 3.05) is 11.9 Å². The van der Waals surface area contributed by atoms with Gasteiger partial charge in [0.2, 0.25) is 0 Å². The number of benzene rings is 1. The number of anilines is 1. The van der Waals surface area contributed by atoms with Gasteiger partial charge in [-0.1, -0.05) is 25.1 Å². The molecule has 4 heteroatoms. The molecule has 21 heavy (non-hydrogen) atoms. The molecule has 1 N–H and O–H groups in total. The largest absolute Gasteiger partial charge is 0.384 e. The molecule has 0 spiro atoms. The Balaban J connectivity index is 1.76. The molecule has 3 rings (SSSR count). The van der Waals surface area contributed by atoms with Crippen LogP contribution in [-0.4, -0.2) is 16.3 Å². The van der Waals surface area contributed by atoms with E-state index in [2.05, 4.69) is 30.3 Å². The maximum atomic E-state index is 14.7. The Labute approximate surface area is 125 Å². The van der Waals surface area contributed by atoms with Crippen LogP contribution in [0.3, 0.4) is 0 Å². The second-order valence-corrected chi connectivity index (χ2v) is 5.77. The number of fused-ring (bicyclic) bond motifs is 1. The van der Waals surface area contributed by atoms with Crippen molar-refractivity contribution >= 4 is 5.69 Å². The van der Waals surface area contributed by atoms with E-state index in [-0.39, 0.29) is 0 Å². The van der Waals surface area contributed by atoms with Crippen molar-refractivity contribution in [3.05, 3.63) is 47.3 Å². The molecule has 0 saturated carbocycles. The first-order chi connectivity index (χ1) is 10.2. The minimum absolute atomic E-state index is 0.335. The Kier molecular flexibility index (Phi) is 3.95. The molecule has 0 radical (unpaired) electrons. The van der Waals surface area contributed by atoms with Gasteiger partial charge in [0.1, 0.15) is 6.17 Å². The molecular weight excluding hydrogens is 265 g/mol. The maximum absolute atomic E-state index is 14.7. The molecule has 0 fully saturated rings. The second-order valence-electron chi connectivity index (χ2n) is 5.77. The minimum atomic E-state index is -1.01. The Hall–Kier alpha value is -1.84.